The van der Waals surface area contributed by atoms with Crippen LogP contribution < -0.4 is 0 Å². The van der Waals surface area contributed by atoms with E-state index < -0.39 is 11.9 Å². The summed E-state index contributed by atoms with van der Waals surface area (Å²) in [6, 6.07) is 0. The molecule has 0 aromatic carbocycles. The third-order valence-electron chi connectivity index (χ3n) is 0.183. The van der Waals surface area contributed by atoms with E-state index in [9.17, 15) is 0 Å². The Hall–Kier alpha value is 0.100. The van der Waals surface area contributed by atoms with Gasteiger partial charge in [-0.15, -0.1) is 12.4 Å². The van der Waals surface area contributed by atoms with Crippen molar-refractivity contribution in [1.29, 1.82) is 0 Å². The Morgan fingerprint density at radius 3 is 1.12 bits per heavy atom. The van der Waals surface area contributed by atoms with Gasteiger partial charge in [0.2, 0.25) is 0 Å². The van der Waals surface area contributed by atoms with Gasteiger partial charge in [-0.1, -0.05) is 0 Å². The predicted octanol–water partition coefficient (Wildman–Crippen LogP) is -0.425. The predicted molar refractivity (Wildman–Crippen MR) is 22.5 cm³/mol. The first-order valence-electron chi connectivity index (χ1n) is 1.11. The minimum atomic E-state index is -1.82. The van der Waals surface area contributed by atoms with Gasteiger partial charge in [0, 0.05) is 25.8 Å². The molecule has 0 aromatic heterocycles. The van der Waals surface area contributed by atoms with E-state index in [0.29, 0.717) is 0 Å². The maximum atomic E-state index is 9.10. The fourth-order valence-electron chi connectivity index (χ4n) is 0. The van der Waals surface area contributed by atoms with Crippen LogP contribution in [0.1, 0.15) is 0 Å². The van der Waals surface area contributed by atoms with Crippen molar-refractivity contribution in [2.45, 2.75) is 0 Å². The average Bonchev–Trinajstić information content (AvgIpc) is 1.36. The maximum absolute atomic E-state index is 9.10. The van der Waals surface area contributed by atoms with Crippen molar-refractivity contribution in [2.75, 3.05) is 0 Å². The van der Waals surface area contributed by atoms with Crippen LogP contribution in [0.4, 0.5) is 0 Å². The summed E-state index contributed by atoms with van der Waals surface area (Å²) in [7, 11) is 0. The van der Waals surface area contributed by atoms with Gasteiger partial charge in [-0.05, 0) is 0 Å². The van der Waals surface area contributed by atoms with Crippen LogP contribution in [0.2, 0.25) is 0 Å². The molecule has 0 atom stereocenters. The number of carboxylic acids is 2. The smallest absolute Gasteiger partial charge is 0.414 e. The summed E-state index contributed by atoms with van der Waals surface area (Å²) >= 11 is 0. The molecule has 0 aromatic rings. The summed E-state index contributed by atoms with van der Waals surface area (Å²) in [5.41, 5.74) is 0. The molecule has 8 heavy (non-hydrogen) atoms. The molecular weight excluding hydrogens is 168 g/mol. The zero-order valence-corrected chi connectivity index (χ0v) is 6.32. The second-order valence-corrected chi connectivity index (χ2v) is 0.610. The molecule has 0 heterocycles. The van der Waals surface area contributed by atoms with Gasteiger partial charge < -0.3 is 10.2 Å². The summed E-state index contributed by atoms with van der Waals surface area (Å²) in [5.74, 6) is -3.65. The van der Waals surface area contributed by atoms with Crippen molar-refractivity contribution in [3.05, 3.63) is 0 Å². The number of carbonyl (C=O) groups is 2. The number of halogens is 1. The number of hydrogen-bond acceptors (Lipinski definition) is 2. The monoisotopic (exact) mass is 171 g/mol. The van der Waals surface area contributed by atoms with Crippen molar-refractivity contribution in [3.8, 4) is 0 Å². The molecule has 45 valence electrons. The first kappa shape index (κ1) is 15.7. The van der Waals surface area contributed by atoms with E-state index in [1.54, 1.807) is 0 Å². The zero-order valence-electron chi connectivity index (χ0n) is 3.70. The van der Waals surface area contributed by atoms with Gasteiger partial charge in [0.15, 0.2) is 0 Å². The van der Waals surface area contributed by atoms with E-state index in [1.165, 1.54) is 0 Å². The van der Waals surface area contributed by atoms with Crippen molar-refractivity contribution in [1.82, 2.24) is 0 Å². The maximum Gasteiger partial charge on any atom is 0.414 e. The van der Waals surface area contributed by atoms with E-state index in [-0.39, 0.29) is 38.3 Å². The summed E-state index contributed by atoms with van der Waals surface area (Å²) in [6.07, 6.45) is 0. The Balaban J connectivity index is -0.000000125. The first-order valence-corrected chi connectivity index (χ1v) is 1.11. The van der Waals surface area contributed by atoms with E-state index in [0.717, 1.165) is 0 Å². The Morgan fingerprint density at radius 2 is 1.12 bits per heavy atom. The molecule has 0 spiro atoms. The number of rotatable bonds is 0. The normalized spacial score (nSPS) is 5.50. The van der Waals surface area contributed by atoms with Gasteiger partial charge in [-0.2, -0.15) is 0 Å². The van der Waals surface area contributed by atoms with Crippen molar-refractivity contribution in [2.24, 2.45) is 0 Å². The molecule has 0 bridgehead atoms. The topological polar surface area (TPSA) is 74.6 Å². The molecule has 0 saturated carbocycles. The van der Waals surface area contributed by atoms with Gasteiger partial charge in [0.25, 0.3) is 0 Å². The molecule has 0 aliphatic carbocycles. The van der Waals surface area contributed by atoms with Gasteiger partial charge in [0.05, 0.1) is 0 Å². The Bertz CT molecular complexity index is 80.0. The molecule has 6 heteroatoms. The minimum Gasteiger partial charge on any atom is -0.473 e. The van der Waals surface area contributed by atoms with Crippen molar-refractivity contribution < 1.29 is 45.6 Å². The Labute approximate surface area is 70.1 Å². The first-order chi connectivity index (χ1) is 2.64. The van der Waals surface area contributed by atoms with Crippen LogP contribution in [0.3, 0.4) is 0 Å². The van der Waals surface area contributed by atoms with Crippen molar-refractivity contribution >= 4 is 24.3 Å². The summed E-state index contributed by atoms with van der Waals surface area (Å²) in [6.45, 7) is 0. The average molecular weight is 171 g/mol. The van der Waals surface area contributed by atoms with Gasteiger partial charge in [-0.3, -0.25) is 0 Å². The summed E-state index contributed by atoms with van der Waals surface area (Å²) < 4.78 is 0. The zero-order chi connectivity index (χ0) is 5.15. The van der Waals surface area contributed by atoms with Crippen LogP contribution in [-0.2, 0) is 35.4 Å². The Kier molecular flexibility index (Phi) is 13.9. The molecule has 0 aliphatic heterocycles. The van der Waals surface area contributed by atoms with Crippen LogP contribution in [0.25, 0.3) is 0 Å². The number of aliphatic carboxylic acids is 2. The minimum absolute atomic E-state index is 0. The van der Waals surface area contributed by atoms with E-state index in [2.05, 4.69) is 0 Å². The van der Waals surface area contributed by atoms with Crippen LogP contribution in [-0.4, -0.2) is 22.2 Å². The number of carboxylic acid groups (broad SMARTS) is 2. The van der Waals surface area contributed by atoms with Gasteiger partial charge in [0.1, 0.15) is 0 Å². The molecule has 0 fully saturated rings. The summed E-state index contributed by atoms with van der Waals surface area (Å²) in [5, 5.41) is 14.8. The van der Waals surface area contributed by atoms with Crippen LogP contribution >= 0.6 is 12.4 Å². The summed E-state index contributed by atoms with van der Waals surface area (Å²) in [4.78, 5) is 18.2. The number of hydrogen-bond donors (Lipinski definition) is 2. The quantitative estimate of drug-likeness (QED) is 0.485. The fraction of sp³-hybridized carbons (Fsp3) is 0. The molecule has 0 amide bonds. The molecular formula is C2H3ClO4Sc. The third-order valence-corrected chi connectivity index (χ3v) is 0.183. The molecule has 0 rings (SSSR count). The third kappa shape index (κ3) is 9.44. The molecule has 1 radical (unpaired) electrons. The van der Waals surface area contributed by atoms with Crippen molar-refractivity contribution in [3.63, 3.8) is 0 Å². The fourth-order valence-corrected chi connectivity index (χ4v) is 0. The molecule has 0 aliphatic rings. The van der Waals surface area contributed by atoms with Crippen LogP contribution in [0.15, 0.2) is 0 Å². The van der Waals surface area contributed by atoms with E-state index in [1.807, 2.05) is 0 Å². The van der Waals surface area contributed by atoms with E-state index >= 15 is 0 Å². The van der Waals surface area contributed by atoms with E-state index in [4.69, 9.17) is 19.8 Å². The second-order valence-electron chi connectivity index (χ2n) is 0.610. The van der Waals surface area contributed by atoms with Crippen LogP contribution in [0, 0.1) is 0 Å². The molecule has 0 unspecified atom stereocenters. The molecule has 2 N–H and O–H groups in total. The molecule has 4 nitrogen and oxygen atoms in total. The largest absolute Gasteiger partial charge is 0.473 e. The molecule has 0 saturated heterocycles. The Morgan fingerprint density at radius 1 is 1.00 bits per heavy atom. The van der Waals surface area contributed by atoms with Gasteiger partial charge >= 0.3 is 11.9 Å². The second kappa shape index (κ2) is 7.10. The standard InChI is InChI=1S/C2H2O4.ClH.Sc/c3-1(4)2(5)6;;/h(H,3,4)(H,5,6);1H;. The van der Waals surface area contributed by atoms with Gasteiger partial charge in [-0.25, -0.2) is 9.59 Å². The van der Waals surface area contributed by atoms with Crippen LogP contribution in [0.5, 0.6) is 0 Å². The SMILES string of the molecule is Cl.O=C(O)C(=O)O.[Sc].